The van der Waals surface area contributed by atoms with Crippen molar-refractivity contribution in [3.63, 3.8) is 0 Å². The van der Waals surface area contributed by atoms with Crippen molar-refractivity contribution < 1.29 is 4.79 Å². The molecule has 1 amide bonds. The summed E-state index contributed by atoms with van der Waals surface area (Å²) in [6.45, 7) is 4.26. The molecule has 1 atom stereocenters. The van der Waals surface area contributed by atoms with Crippen molar-refractivity contribution in [3.8, 4) is 0 Å². The Balaban J connectivity index is 1.57. The van der Waals surface area contributed by atoms with Crippen LogP contribution in [0, 0.1) is 5.92 Å². The Morgan fingerprint density at radius 3 is 2.78 bits per heavy atom. The highest BCUT2D eigenvalue weighted by molar-refractivity contribution is 5.75. The highest BCUT2D eigenvalue weighted by Gasteiger charge is 2.21. The van der Waals surface area contributed by atoms with Crippen molar-refractivity contribution in [2.75, 3.05) is 33.2 Å². The fraction of sp³-hybridized carbons (Fsp3) is 0.929. The summed E-state index contributed by atoms with van der Waals surface area (Å²) in [5.74, 6) is 1.000. The molecule has 0 aromatic carbocycles. The van der Waals surface area contributed by atoms with E-state index in [4.69, 9.17) is 0 Å². The Kier molecular flexibility index (Phi) is 5.45. The average Bonchev–Trinajstić information content (AvgIpc) is 2.81. The number of hydrogen-bond acceptors (Lipinski definition) is 3. The van der Waals surface area contributed by atoms with Crippen molar-refractivity contribution >= 4 is 5.91 Å². The minimum atomic E-state index is 0.244. The van der Waals surface area contributed by atoms with Crippen molar-refractivity contribution in [2.24, 2.45) is 5.92 Å². The first kappa shape index (κ1) is 13.8. The molecule has 0 saturated carbocycles. The lowest BCUT2D eigenvalue weighted by Crippen LogP contribution is -2.38. The normalized spacial score (nSPS) is 26.4. The van der Waals surface area contributed by atoms with E-state index in [0.29, 0.717) is 12.5 Å². The number of amides is 1. The second-order valence-electron chi connectivity index (χ2n) is 5.81. The zero-order chi connectivity index (χ0) is 12.8. The lowest BCUT2D eigenvalue weighted by molar-refractivity contribution is -0.121. The summed E-state index contributed by atoms with van der Waals surface area (Å²) in [6.07, 6.45) is 6.74. The summed E-state index contributed by atoms with van der Waals surface area (Å²) < 4.78 is 0. The number of rotatable bonds is 5. The Morgan fingerprint density at radius 2 is 2.11 bits per heavy atom. The molecule has 2 aliphatic heterocycles. The number of carbonyl (C=O) groups is 1. The third kappa shape index (κ3) is 4.25. The Labute approximate surface area is 110 Å². The number of carbonyl (C=O) groups excluding carboxylic acids is 1. The van der Waals surface area contributed by atoms with Crippen LogP contribution in [0.15, 0.2) is 0 Å². The maximum absolute atomic E-state index is 11.8. The van der Waals surface area contributed by atoms with Gasteiger partial charge in [0, 0.05) is 19.0 Å². The number of piperidine rings is 1. The molecule has 2 fully saturated rings. The summed E-state index contributed by atoms with van der Waals surface area (Å²) in [5.41, 5.74) is 0. The SMILES string of the molecule is CN1CCCC1CNC(=O)CCC1CCNCC1. The van der Waals surface area contributed by atoms with Gasteiger partial charge in [-0.1, -0.05) is 0 Å². The number of likely N-dealkylation sites (N-methyl/N-ethyl adjacent to an activating group) is 1. The van der Waals surface area contributed by atoms with Crippen LogP contribution in [0.1, 0.15) is 38.5 Å². The van der Waals surface area contributed by atoms with E-state index in [-0.39, 0.29) is 5.91 Å². The van der Waals surface area contributed by atoms with E-state index in [1.807, 2.05) is 0 Å². The largest absolute Gasteiger partial charge is 0.355 e. The van der Waals surface area contributed by atoms with Crippen LogP contribution in [0.3, 0.4) is 0 Å². The smallest absolute Gasteiger partial charge is 0.220 e. The van der Waals surface area contributed by atoms with Crippen molar-refractivity contribution in [1.29, 1.82) is 0 Å². The number of nitrogens with one attached hydrogen (secondary N) is 2. The van der Waals surface area contributed by atoms with Crippen LogP contribution in [0.25, 0.3) is 0 Å². The third-order valence-electron chi connectivity index (χ3n) is 4.44. The molecule has 2 heterocycles. The van der Waals surface area contributed by atoms with Gasteiger partial charge in [-0.15, -0.1) is 0 Å². The molecule has 2 saturated heterocycles. The molecular formula is C14H27N3O. The van der Waals surface area contributed by atoms with E-state index in [1.165, 1.54) is 32.2 Å². The van der Waals surface area contributed by atoms with Gasteiger partial charge in [0.1, 0.15) is 0 Å². The molecule has 104 valence electrons. The molecule has 2 rings (SSSR count). The fourth-order valence-electron chi connectivity index (χ4n) is 3.06. The summed E-state index contributed by atoms with van der Waals surface area (Å²) in [7, 11) is 2.15. The highest BCUT2D eigenvalue weighted by Crippen LogP contribution is 2.17. The van der Waals surface area contributed by atoms with Crippen LogP contribution in [0.2, 0.25) is 0 Å². The third-order valence-corrected chi connectivity index (χ3v) is 4.44. The Bertz CT molecular complexity index is 264. The minimum absolute atomic E-state index is 0.244. The summed E-state index contributed by atoms with van der Waals surface area (Å²) >= 11 is 0. The Morgan fingerprint density at radius 1 is 1.33 bits per heavy atom. The van der Waals surface area contributed by atoms with Gasteiger partial charge >= 0.3 is 0 Å². The molecule has 0 spiro atoms. The van der Waals surface area contributed by atoms with Gasteiger partial charge in [0.05, 0.1) is 0 Å². The highest BCUT2D eigenvalue weighted by atomic mass is 16.1. The van der Waals surface area contributed by atoms with E-state index in [1.54, 1.807) is 0 Å². The van der Waals surface area contributed by atoms with E-state index in [0.717, 1.165) is 32.0 Å². The monoisotopic (exact) mass is 253 g/mol. The van der Waals surface area contributed by atoms with Gasteiger partial charge in [-0.05, 0) is 64.7 Å². The second kappa shape index (κ2) is 7.10. The van der Waals surface area contributed by atoms with Gasteiger partial charge in [0.2, 0.25) is 5.91 Å². The molecule has 2 N–H and O–H groups in total. The van der Waals surface area contributed by atoms with Crippen molar-refractivity contribution in [3.05, 3.63) is 0 Å². The molecule has 0 aliphatic carbocycles. The predicted molar refractivity (Wildman–Crippen MR) is 73.5 cm³/mol. The first-order valence-electron chi connectivity index (χ1n) is 7.43. The molecule has 0 aromatic rings. The van der Waals surface area contributed by atoms with Crippen molar-refractivity contribution in [1.82, 2.24) is 15.5 Å². The maximum Gasteiger partial charge on any atom is 0.220 e. The van der Waals surface area contributed by atoms with E-state index in [9.17, 15) is 4.79 Å². The summed E-state index contributed by atoms with van der Waals surface area (Å²) in [5, 5.41) is 6.46. The molecule has 2 aliphatic rings. The molecule has 1 unspecified atom stereocenters. The van der Waals surface area contributed by atoms with E-state index in [2.05, 4.69) is 22.6 Å². The second-order valence-corrected chi connectivity index (χ2v) is 5.81. The maximum atomic E-state index is 11.8. The average molecular weight is 253 g/mol. The van der Waals surface area contributed by atoms with Crippen LogP contribution in [-0.4, -0.2) is 50.1 Å². The topological polar surface area (TPSA) is 44.4 Å². The number of nitrogens with zero attached hydrogens (tertiary/aromatic N) is 1. The lowest BCUT2D eigenvalue weighted by atomic mass is 9.93. The predicted octanol–water partition coefficient (Wildman–Crippen LogP) is 0.977. The van der Waals surface area contributed by atoms with Crippen molar-refractivity contribution in [2.45, 2.75) is 44.6 Å². The molecule has 0 radical (unpaired) electrons. The molecule has 0 bridgehead atoms. The molecule has 18 heavy (non-hydrogen) atoms. The number of likely N-dealkylation sites (tertiary alicyclic amines) is 1. The van der Waals surface area contributed by atoms with Crippen LogP contribution in [0.5, 0.6) is 0 Å². The van der Waals surface area contributed by atoms with Gasteiger partial charge in [0.15, 0.2) is 0 Å². The molecule has 4 nitrogen and oxygen atoms in total. The zero-order valence-electron chi connectivity index (χ0n) is 11.6. The zero-order valence-corrected chi connectivity index (χ0v) is 11.6. The van der Waals surface area contributed by atoms with E-state index < -0.39 is 0 Å². The van der Waals surface area contributed by atoms with Crippen LogP contribution in [-0.2, 0) is 4.79 Å². The van der Waals surface area contributed by atoms with Gasteiger partial charge in [0.25, 0.3) is 0 Å². The van der Waals surface area contributed by atoms with Gasteiger partial charge in [-0.3, -0.25) is 4.79 Å². The van der Waals surface area contributed by atoms with Gasteiger partial charge in [-0.2, -0.15) is 0 Å². The number of hydrogen-bond donors (Lipinski definition) is 2. The van der Waals surface area contributed by atoms with Crippen LogP contribution in [0.4, 0.5) is 0 Å². The van der Waals surface area contributed by atoms with E-state index >= 15 is 0 Å². The summed E-state index contributed by atoms with van der Waals surface area (Å²) in [6, 6.07) is 0.563. The molecule has 0 aromatic heterocycles. The van der Waals surface area contributed by atoms with Gasteiger partial charge < -0.3 is 15.5 Å². The van der Waals surface area contributed by atoms with Gasteiger partial charge in [-0.25, -0.2) is 0 Å². The van der Waals surface area contributed by atoms with Crippen LogP contribution < -0.4 is 10.6 Å². The standard InChI is InChI=1S/C14H27N3O/c1-17-10-2-3-13(17)11-16-14(18)5-4-12-6-8-15-9-7-12/h12-13,15H,2-11H2,1H3,(H,16,18). The fourth-order valence-corrected chi connectivity index (χ4v) is 3.06. The Hall–Kier alpha value is -0.610. The molecule has 4 heteroatoms. The van der Waals surface area contributed by atoms with Crippen LogP contribution >= 0.6 is 0 Å². The quantitative estimate of drug-likeness (QED) is 0.767. The first-order chi connectivity index (χ1) is 8.75. The molecular weight excluding hydrogens is 226 g/mol. The minimum Gasteiger partial charge on any atom is -0.355 e. The first-order valence-corrected chi connectivity index (χ1v) is 7.43. The summed E-state index contributed by atoms with van der Waals surface area (Å²) in [4.78, 5) is 14.2. The lowest BCUT2D eigenvalue weighted by Gasteiger charge is -2.23.